The van der Waals surface area contributed by atoms with Gasteiger partial charge in [0, 0.05) is 42.9 Å². The summed E-state index contributed by atoms with van der Waals surface area (Å²) < 4.78 is 21.8. The summed E-state index contributed by atoms with van der Waals surface area (Å²) >= 11 is 0. The summed E-state index contributed by atoms with van der Waals surface area (Å²) in [5, 5.41) is 11.5. The molecule has 0 radical (unpaired) electrons. The minimum Gasteiger partial charge on any atom is -0.450 e. The topological polar surface area (TPSA) is 119 Å². The van der Waals surface area contributed by atoms with Crippen molar-refractivity contribution in [3.05, 3.63) is 0 Å². The number of urea groups is 1. The molecule has 4 N–H and O–H groups in total. The van der Waals surface area contributed by atoms with E-state index in [4.69, 9.17) is 18.9 Å². The molecule has 0 aliphatic rings. The highest BCUT2D eigenvalue weighted by molar-refractivity contribution is 8.77. The van der Waals surface area contributed by atoms with Crippen molar-refractivity contribution in [2.24, 2.45) is 5.92 Å². The predicted octanol–water partition coefficient (Wildman–Crippen LogP) is 4.01. The van der Waals surface area contributed by atoms with E-state index in [1.807, 2.05) is 13.8 Å². The molecule has 0 saturated carbocycles. The van der Waals surface area contributed by atoms with Gasteiger partial charge in [0.2, 0.25) is 0 Å². The Bertz CT molecular complexity index is 687. The fourth-order valence-electron chi connectivity index (χ4n) is 2.70. The first-order valence-corrected chi connectivity index (χ1v) is 16.1. The Morgan fingerprint density at radius 1 is 0.821 bits per heavy atom. The van der Waals surface area contributed by atoms with E-state index < -0.39 is 6.09 Å². The van der Waals surface area contributed by atoms with Crippen LogP contribution in [0.4, 0.5) is 9.59 Å². The normalized spacial score (nSPS) is 11.3. The van der Waals surface area contributed by atoms with Crippen molar-refractivity contribution in [2.45, 2.75) is 71.6 Å². The number of nitrogens with one attached hydrogen (secondary N) is 4. The van der Waals surface area contributed by atoms with Crippen LogP contribution in [0.5, 0.6) is 0 Å². The highest BCUT2D eigenvalue weighted by Gasteiger charge is 2.19. The van der Waals surface area contributed by atoms with Crippen molar-refractivity contribution in [3.63, 3.8) is 0 Å². The van der Waals surface area contributed by atoms with E-state index in [0.717, 1.165) is 25.8 Å². The van der Waals surface area contributed by atoms with Crippen LogP contribution in [0.3, 0.4) is 0 Å². The van der Waals surface area contributed by atoms with Gasteiger partial charge in [-0.15, -0.1) is 0 Å². The largest absolute Gasteiger partial charge is 0.450 e. The summed E-state index contributed by atoms with van der Waals surface area (Å²) in [5.41, 5.74) is 0. The Morgan fingerprint density at radius 2 is 1.54 bits per heavy atom. The molecule has 0 fully saturated rings. The first-order chi connectivity index (χ1) is 18.6. The quantitative estimate of drug-likeness (QED) is 0.0604. The van der Waals surface area contributed by atoms with E-state index >= 15 is 0 Å². The Balaban J connectivity index is 3.54. The van der Waals surface area contributed by atoms with E-state index in [1.54, 1.807) is 21.6 Å². The molecule has 10 nitrogen and oxygen atoms in total. The third-order valence-electron chi connectivity index (χ3n) is 4.77. The summed E-state index contributed by atoms with van der Waals surface area (Å²) in [6, 6.07) is 0.263. The predicted molar refractivity (Wildman–Crippen MR) is 162 cm³/mol. The maximum atomic E-state index is 11.8. The maximum absolute atomic E-state index is 11.8. The molecule has 228 valence electrons. The van der Waals surface area contributed by atoms with Gasteiger partial charge in [0.05, 0.1) is 39.6 Å². The highest BCUT2D eigenvalue weighted by Crippen LogP contribution is 2.37. The van der Waals surface area contributed by atoms with Crippen molar-refractivity contribution in [2.75, 3.05) is 71.8 Å². The highest BCUT2D eigenvalue weighted by atomic mass is 33.1. The fourth-order valence-corrected chi connectivity index (χ4v) is 4.97. The molecule has 0 aliphatic heterocycles. The Kier molecular flexibility index (Phi) is 24.7. The van der Waals surface area contributed by atoms with Crippen molar-refractivity contribution >= 4 is 33.7 Å². The van der Waals surface area contributed by atoms with Crippen LogP contribution in [0.2, 0.25) is 0 Å². The zero-order chi connectivity index (χ0) is 29.2. The summed E-state index contributed by atoms with van der Waals surface area (Å²) in [6.07, 6.45) is 2.03. The van der Waals surface area contributed by atoms with Gasteiger partial charge in [-0.05, 0) is 33.1 Å². The lowest BCUT2D eigenvalue weighted by atomic mass is 10.1. The molecule has 0 atom stereocenters. The van der Waals surface area contributed by atoms with Crippen LogP contribution >= 0.6 is 21.6 Å². The summed E-state index contributed by atoms with van der Waals surface area (Å²) in [7, 11) is 3.36. The van der Waals surface area contributed by atoms with Gasteiger partial charge in [-0.1, -0.05) is 61.1 Å². The molecule has 0 aromatic carbocycles. The van der Waals surface area contributed by atoms with Crippen LogP contribution in [-0.4, -0.2) is 94.7 Å². The van der Waals surface area contributed by atoms with Gasteiger partial charge >= 0.3 is 12.1 Å². The number of unbranched alkanes of at least 4 members (excludes halogenated alkanes) is 1. The number of rotatable bonds is 23. The molecule has 0 bridgehead atoms. The molecule has 3 amide bonds. The molecule has 0 aromatic heterocycles. The summed E-state index contributed by atoms with van der Waals surface area (Å²) in [4.78, 5) is 23.5. The average molecular weight is 593 g/mol. The Labute approximate surface area is 244 Å². The average Bonchev–Trinajstić information content (AvgIpc) is 2.86. The lowest BCUT2D eigenvalue weighted by Crippen LogP contribution is -2.36. The van der Waals surface area contributed by atoms with E-state index in [2.05, 4.69) is 60.8 Å². The molecule has 0 spiro atoms. The van der Waals surface area contributed by atoms with Gasteiger partial charge in [-0.2, -0.15) is 0 Å². The lowest BCUT2D eigenvalue weighted by Gasteiger charge is -2.22. The molecule has 0 aromatic rings. The first-order valence-electron chi connectivity index (χ1n) is 13.8. The second kappa shape index (κ2) is 25.6. The zero-order valence-electron chi connectivity index (χ0n) is 24.8. The standard InChI is InChI=1S/C27H52N4O6S2/c1-23(2)10-9-13-30-25(32)29-12-7-8-16-36-22-38-39-27(5,6)11-17-37-26(33)31-15-19-35-21-20-34-18-14-28-24(3)4/h23-24,28H,7-8,11-22H2,1-6H3,(H,31,33)(H2,29,30,32). The molecule has 0 unspecified atom stereocenters. The summed E-state index contributed by atoms with van der Waals surface area (Å²) in [5.74, 6) is 6.80. The molecule has 0 rings (SSSR count). The van der Waals surface area contributed by atoms with Crippen molar-refractivity contribution in [3.8, 4) is 11.8 Å². The van der Waals surface area contributed by atoms with E-state index in [9.17, 15) is 9.59 Å². The van der Waals surface area contributed by atoms with Crippen molar-refractivity contribution < 1.29 is 28.5 Å². The SMILES string of the molecule is CC(C)C#CCNC(=O)NCCCCOCSSC(C)(C)CCOC(=O)NCCOCCOCCNC(C)C. The molecule has 12 heteroatoms. The monoisotopic (exact) mass is 592 g/mol. The number of carbonyl (C=O) groups excluding carboxylic acids is 2. The molecule has 0 aliphatic carbocycles. The molecular formula is C27H52N4O6S2. The second-order valence-electron chi connectivity index (χ2n) is 9.93. The first kappa shape index (κ1) is 37.6. The van der Waals surface area contributed by atoms with Crippen LogP contribution in [0.15, 0.2) is 0 Å². The number of carbonyl (C=O) groups is 2. The van der Waals surface area contributed by atoms with E-state index in [-0.39, 0.29) is 10.8 Å². The number of amides is 3. The van der Waals surface area contributed by atoms with Gasteiger partial charge in [-0.25, -0.2) is 9.59 Å². The van der Waals surface area contributed by atoms with Crippen LogP contribution in [0.1, 0.15) is 60.8 Å². The number of hydrogen-bond acceptors (Lipinski definition) is 9. The molecule has 0 heterocycles. The number of hydrogen-bond donors (Lipinski definition) is 4. The zero-order valence-corrected chi connectivity index (χ0v) is 26.5. The smallest absolute Gasteiger partial charge is 0.407 e. The van der Waals surface area contributed by atoms with Crippen LogP contribution in [0, 0.1) is 17.8 Å². The van der Waals surface area contributed by atoms with Crippen LogP contribution in [0.25, 0.3) is 0 Å². The van der Waals surface area contributed by atoms with E-state index in [1.165, 1.54) is 0 Å². The van der Waals surface area contributed by atoms with Gasteiger partial charge in [0.15, 0.2) is 0 Å². The summed E-state index contributed by atoms with van der Waals surface area (Å²) in [6.45, 7) is 17.7. The number of alkyl carbamates (subject to hydrolysis) is 1. The lowest BCUT2D eigenvalue weighted by molar-refractivity contribution is 0.0489. The Hall–Kier alpha value is -1.36. The third kappa shape index (κ3) is 29.4. The number of ether oxygens (including phenoxy) is 4. The van der Waals surface area contributed by atoms with Crippen molar-refractivity contribution in [1.29, 1.82) is 0 Å². The fraction of sp³-hybridized carbons (Fsp3) is 0.852. The van der Waals surface area contributed by atoms with Gasteiger partial charge < -0.3 is 40.2 Å². The maximum Gasteiger partial charge on any atom is 0.407 e. The molecule has 39 heavy (non-hydrogen) atoms. The second-order valence-corrected chi connectivity index (χ2v) is 12.9. The minimum atomic E-state index is -0.432. The van der Waals surface area contributed by atoms with E-state index in [0.29, 0.717) is 77.2 Å². The molecular weight excluding hydrogens is 540 g/mol. The van der Waals surface area contributed by atoms with Gasteiger partial charge in [0.1, 0.15) is 5.94 Å². The molecule has 0 saturated heterocycles. The van der Waals surface area contributed by atoms with Gasteiger partial charge in [-0.3, -0.25) is 0 Å². The van der Waals surface area contributed by atoms with Crippen LogP contribution in [-0.2, 0) is 18.9 Å². The van der Waals surface area contributed by atoms with Crippen LogP contribution < -0.4 is 21.3 Å². The van der Waals surface area contributed by atoms with Crippen molar-refractivity contribution in [1.82, 2.24) is 21.3 Å². The van der Waals surface area contributed by atoms with Gasteiger partial charge in [0.25, 0.3) is 0 Å². The minimum absolute atomic E-state index is 0.0566. The third-order valence-corrected chi connectivity index (χ3v) is 7.80. The Morgan fingerprint density at radius 3 is 2.23 bits per heavy atom.